The quantitative estimate of drug-likeness (QED) is 0.670. The molecular weight excluding hydrogens is 388 g/mol. The number of phenolic OH excluding ortho intramolecular Hbond substituents is 1. The Morgan fingerprint density at radius 2 is 1.80 bits per heavy atom. The molecule has 2 aromatic carbocycles. The molecular formula is C22H24N2O6. The lowest BCUT2D eigenvalue weighted by Gasteiger charge is -2.20. The summed E-state index contributed by atoms with van der Waals surface area (Å²) in [6, 6.07) is 12.5. The van der Waals surface area contributed by atoms with Gasteiger partial charge in [0.25, 0.3) is 0 Å². The van der Waals surface area contributed by atoms with Crippen molar-refractivity contribution >= 4 is 23.5 Å². The van der Waals surface area contributed by atoms with Gasteiger partial charge in [-0.1, -0.05) is 12.1 Å². The minimum atomic E-state index is -0.891. The third-order valence-corrected chi connectivity index (χ3v) is 5.06. The summed E-state index contributed by atoms with van der Waals surface area (Å²) in [7, 11) is 2.81. The number of ether oxygens (including phenoxy) is 2. The van der Waals surface area contributed by atoms with Crippen LogP contribution in [0.15, 0.2) is 48.5 Å². The van der Waals surface area contributed by atoms with Crippen LogP contribution in [0.4, 0.5) is 5.69 Å². The Labute approximate surface area is 174 Å². The summed E-state index contributed by atoms with van der Waals surface area (Å²) in [5.74, 6) is -0.906. The van der Waals surface area contributed by atoms with Crippen LogP contribution in [0.3, 0.4) is 0 Å². The van der Waals surface area contributed by atoms with Gasteiger partial charge in [-0.15, -0.1) is 0 Å². The number of amides is 2. The number of rotatable bonds is 7. The molecule has 0 radical (unpaired) electrons. The Morgan fingerprint density at radius 3 is 2.40 bits per heavy atom. The molecule has 30 heavy (non-hydrogen) atoms. The van der Waals surface area contributed by atoms with Crippen molar-refractivity contribution in [1.29, 1.82) is 0 Å². The minimum Gasteiger partial charge on any atom is -0.508 e. The number of phenols is 1. The number of methoxy groups -OCH3 is 2. The molecule has 1 saturated heterocycles. The molecule has 1 aliphatic heterocycles. The van der Waals surface area contributed by atoms with Crippen molar-refractivity contribution in [2.24, 2.45) is 5.92 Å². The first kappa shape index (κ1) is 21.2. The van der Waals surface area contributed by atoms with Gasteiger partial charge in [-0.2, -0.15) is 0 Å². The van der Waals surface area contributed by atoms with Crippen LogP contribution in [0.5, 0.6) is 11.5 Å². The molecule has 1 fully saturated rings. The third-order valence-electron chi connectivity index (χ3n) is 5.06. The van der Waals surface area contributed by atoms with E-state index in [9.17, 15) is 19.5 Å². The van der Waals surface area contributed by atoms with Crippen molar-refractivity contribution in [1.82, 2.24) is 5.32 Å². The van der Waals surface area contributed by atoms with Gasteiger partial charge in [0.2, 0.25) is 11.8 Å². The highest BCUT2D eigenvalue weighted by molar-refractivity contribution is 6.00. The van der Waals surface area contributed by atoms with E-state index in [0.29, 0.717) is 11.4 Å². The molecule has 2 atom stereocenters. The molecule has 2 amide bonds. The van der Waals surface area contributed by atoms with E-state index in [1.54, 1.807) is 48.4 Å². The lowest BCUT2D eigenvalue weighted by atomic mass is 10.0. The van der Waals surface area contributed by atoms with Gasteiger partial charge in [0.1, 0.15) is 17.5 Å². The number of carbonyl (C=O) groups is 3. The zero-order valence-corrected chi connectivity index (χ0v) is 16.8. The van der Waals surface area contributed by atoms with Crippen LogP contribution in [-0.4, -0.2) is 49.7 Å². The van der Waals surface area contributed by atoms with Gasteiger partial charge < -0.3 is 24.8 Å². The number of esters is 1. The molecule has 0 saturated carbocycles. The van der Waals surface area contributed by atoms with Gasteiger partial charge in [0.15, 0.2) is 0 Å². The number of carbonyl (C=O) groups excluding carboxylic acids is 3. The van der Waals surface area contributed by atoms with Crippen LogP contribution >= 0.6 is 0 Å². The number of hydrogen-bond donors (Lipinski definition) is 2. The number of hydrogen-bond acceptors (Lipinski definition) is 6. The fourth-order valence-electron chi connectivity index (χ4n) is 3.39. The highest BCUT2D eigenvalue weighted by Crippen LogP contribution is 2.27. The highest BCUT2D eigenvalue weighted by atomic mass is 16.5. The van der Waals surface area contributed by atoms with Gasteiger partial charge >= 0.3 is 5.97 Å². The molecule has 0 spiro atoms. The molecule has 2 N–H and O–H groups in total. The monoisotopic (exact) mass is 412 g/mol. The maximum atomic E-state index is 12.8. The lowest BCUT2D eigenvalue weighted by molar-refractivity contribution is -0.145. The molecule has 0 bridgehead atoms. The zero-order chi connectivity index (χ0) is 21.7. The van der Waals surface area contributed by atoms with Crippen molar-refractivity contribution in [3.05, 3.63) is 54.1 Å². The van der Waals surface area contributed by atoms with E-state index in [1.807, 2.05) is 0 Å². The van der Waals surface area contributed by atoms with Crippen LogP contribution in [0.1, 0.15) is 12.0 Å². The van der Waals surface area contributed by atoms with E-state index >= 15 is 0 Å². The number of anilines is 1. The fourth-order valence-corrected chi connectivity index (χ4v) is 3.39. The molecule has 1 aliphatic rings. The third kappa shape index (κ3) is 4.89. The van der Waals surface area contributed by atoms with Gasteiger partial charge in [-0.25, -0.2) is 4.79 Å². The Kier molecular flexibility index (Phi) is 6.56. The molecule has 158 valence electrons. The fraction of sp³-hybridized carbons (Fsp3) is 0.318. The second-order valence-electron chi connectivity index (χ2n) is 7.06. The minimum absolute atomic E-state index is 0.0605. The van der Waals surface area contributed by atoms with Crippen LogP contribution in [0.25, 0.3) is 0 Å². The second-order valence-corrected chi connectivity index (χ2v) is 7.06. The largest absolute Gasteiger partial charge is 0.508 e. The number of nitrogens with zero attached hydrogens (tertiary/aromatic N) is 1. The number of nitrogens with one attached hydrogen (secondary N) is 1. The smallest absolute Gasteiger partial charge is 0.328 e. The first-order valence-corrected chi connectivity index (χ1v) is 9.51. The molecule has 0 aromatic heterocycles. The van der Waals surface area contributed by atoms with Gasteiger partial charge in [0, 0.05) is 25.1 Å². The maximum Gasteiger partial charge on any atom is 0.328 e. The summed E-state index contributed by atoms with van der Waals surface area (Å²) in [5.41, 5.74) is 1.44. The summed E-state index contributed by atoms with van der Waals surface area (Å²) in [5, 5.41) is 12.1. The van der Waals surface area contributed by atoms with E-state index in [0.717, 1.165) is 5.56 Å². The zero-order valence-electron chi connectivity index (χ0n) is 16.8. The number of aromatic hydroxyl groups is 1. The first-order chi connectivity index (χ1) is 14.4. The lowest BCUT2D eigenvalue weighted by Crippen LogP contribution is -2.46. The van der Waals surface area contributed by atoms with Crippen LogP contribution in [-0.2, 0) is 25.5 Å². The van der Waals surface area contributed by atoms with E-state index in [1.165, 1.54) is 19.2 Å². The molecule has 1 heterocycles. The number of benzene rings is 2. The predicted molar refractivity (Wildman–Crippen MR) is 109 cm³/mol. The van der Waals surface area contributed by atoms with E-state index in [-0.39, 0.29) is 37.0 Å². The Bertz CT molecular complexity index is 910. The summed E-state index contributed by atoms with van der Waals surface area (Å²) in [6.45, 7) is 0.226. The van der Waals surface area contributed by atoms with E-state index in [2.05, 4.69) is 5.32 Å². The average molecular weight is 412 g/mol. The van der Waals surface area contributed by atoms with Crippen molar-refractivity contribution in [3.63, 3.8) is 0 Å². The van der Waals surface area contributed by atoms with Crippen molar-refractivity contribution < 1.29 is 29.0 Å². The maximum absolute atomic E-state index is 12.8. The second kappa shape index (κ2) is 9.30. The molecule has 2 unspecified atom stereocenters. The van der Waals surface area contributed by atoms with Crippen LogP contribution in [0, 0.1) is 5.92 Å². The molecule has 8 nitrogen and oxygen atoms in total. The van der Waals surface area contributed by atoms with Crippen LogP contribution < -0.4 is 15.0 Å². The highest BCUT2D eigenvalue weighted by Gasteiger charge is 2.36. The van der Waals surface area contributed by atoms with Gasteiger partial charge in [-0.05, 0) is 42.0 Å². The summed E-state index contributed by atoms with van der Waals surface area (Å²) in [6.07, 6.45) is 0.270. The van der Waals surface area contributed by atoms with Gasteiger partial charge in [0.05, 0.1) is 20.1 Å². The summed E-state index contributed by atoms with van der Waals surface area (Å²) >= 11 is 0. The van der Waals surface area contributed by atoms with Crippen molar-refractivity contribution in [2.75, 3.05) is 25.7 Å². The van der Waals surface area contributed by atoms with Gasteiger partial charge in [-0.3, -0.25) is 9.59 Å². The summed E-state index contributed by atoms with van der Waals surface area (Å²) < 4.78 is 9.94. The predicted octanol–water partition coefficient (Wildman–Crippen LogP) is 1.65. The Balaban J connectivity index is 1.67. The van der Waals surface area contributed by atoms with Crippen molar-refractivity contribution in [2.45, 2.75) is 18.9 Å². The molecule has 0 aliphatic carbocycles. The standard InChI is InChI=1S/C22H24N2O6/c1-29-18-9-5-16(6-10-18)24-13-15(12-20(24)26)21(27)23-19(22(28)30-2)11-14-3-7-17(25)8-4-14/h3-10,15,19,25H,11-13H2,1-2H3,(H,23,27). The van der Waals surface area contributed by atoms with E-state index < -0.39 is 17.9 Å². The Morgan fingerprint density at radius 1 is 1.13 bits per heavy atom. The van der Waals surface area contributed by atoms with E-state index in [4.69, 9.17) is 9.47 Å². The Hall–Kier alpha value is -3.55. The normalized spacial score (nSPS) is 16.8. The molecule has 2 aromatic rings. The van der Waals surface area contributed by atoms with Crippen molar-refractivity contribution in [3.8, 4) is 11.5 Å². The topological polar surface area (TPSA) is 105 Å². The van der Waals surface area contributed by atoms with Crippen LogP contribution in [0.2, 0.25) is 0 Å². The summed E-state index contributed by atoms with van der Waals surface area (Å²) in [4.78, 5) is 38.9. The molecule has 3 rings (SSSR count). The average Bonchev–Trinajstić information content (AvgIpc) is 3.16. The SMILES string of the molecule is COC(=O)C(Cc1ccc(O)cc1)NC(=O)C1CC(=O)N(c2ccc(OC)cc2)C1. The first-order valence-electron chi connectivity index (χ1n) is 9.51. The molecule has 8 heteroatoms.